The van der Waals surface area contributed by atoms with Crippen LogP contribution in [0.15, 0.2) is 48.5 Å². The Labute approximate surface area is 197 Å². The van der Waals surface area contributed by atoms with Crippen molar-refractivity contribution in [1.29, 1.82) is 0 Å². The quantitative estimate of drug-likeness (QED) is 0.579. The molecule has 2 fully saturated rings. The number of esters is 1. The van der Waals surface area contributed by atoms with E-state index in [0.29, 0.717) is 36.7 Å². The molecule has 4 heteroatoms. The number of aliphatic hydroxyl groups is 1. The number of fused-ring (bicyclic) bond motifs is 5. The average Bonchev–Trinajstić information content (AvgIpc) is 3.11. The summed E-state index contributed by atoms with van der Waals surface area (Å²) in [6.45, 7) is 2.89. The highest BCUT2D eigenvalue weighted by molar-refractivity contribution is 5.69. The summed E-state index contributed by atoms with van der Waals surface area (Å²) in [5, 5.41) is 11.0. The Balaban J connectivity index is 1.33. The van der Waals surface area contributed by atoms with Gasteiger partial charge in [0.1, 0.15) is 12.4 Å². The minimum Gasteiger partial charge on any atom is -0.489 e. The fraction of sp³-hybridized carbons (Fsp3) is 0.552. The van der Waals surface area contributed by atoms with E-state index in [9.17, 15) is 9.90 Å². The Morgan fingerprint density at radius 2 is 1.97 bits per heavy atom. The normalized spacial score (nSPS) is 32.4. The second-order valence-corrected chi connectivity index (χ2v) is 10.6. The molecule has 4 nitrogen and oxygen atoms in total. The molecule has 0 spiro atoms. The maximum Gasteiger partial charge on any atom is 0.305 e. The lowest BCUT2D eigenvalue weighted by atomic mass is 9.54. The molecule has 0 amide bonds. The van der Waals surface area contributed by atoms with Crippen LogP contribution in [0.1, 0.15) is 68.1 Å². The van der Waals surface area contributed by atoms with Crippen LogP contribution in [0.4, 0.5) is 0 Å². The first-order valence-corrected chi connectivity index (χ1v) is 12.5. The molecule has 5 rings (SSSR count). The van der Waals surface area contributed by atoms with E-state index in [0.717, 1.165) is 44.3 Å². The van der Waals surface area contributed by atoms with Crippen molar-refractivity contribution >= 4 is 5.97 Å². The lowest BCUT2D eigenvalue weighted by Crippen LogP contribution is -2.45. The van der Waals surface area contributed by atoms with Gasteiger partial charge in [-0.15, -0.1) is 0 Å². The van der Waals surface area contributed by atoms with E-state index < -0.39 is 0 Å². The highest BCUT2D eigenvalue weighted by atomic mass is 16.5. The van der Waals surface area contributed by atoms with Gasteiger partial charge in [0, 0.05) is 6.42 Å². The summed E-state index contributed by atoms with van der Waals surface area (Å²) in [4.78, 5) is 11.8. The highest BCUT2D eigenvalue weighted by Gasteiger charge is 2.58. The summed E-state index contributed by atoms with van der Waals surface area (Å²) in [6, 6.07) is 17.0. The lowest BCUT2D eigenvalue weighted by molar-refractivity contribution is -0.141. The van der Waals surface area contributed by atoms with Crippen molar-refractivity contribution in [3.8, 4) is 5.75 Å². The Morgan fingerprint density at radius 1 is 1.15 bits per heavy atom. The molecule has 0 radical (unpaired) electrons. The van der Waals surface area contributed by atoms with Crippen molar-refractivity contribution in [1.82, 2.24) is 0 Å². The van der Waals surface area contributed by atoms with Crippen molar-refractivity contribution in [2.45, 2.75) is 70.5 Å². The second kappa shape index (κ2) is 9.13. The average molecular weight is 449 g/mol. The largest absolute Gasteiger partial charge is 0.489 e. The van der Waals surface area contributed by atoms with Crippen LogP contribution in [0.5, 0.6) is 5.75 Å². The number of hydrogen-bond donors (Lipinski definition) is 1. The van der Waals surface area contributed by atoms with Gasteiger partial charge in [-0.05, 0) is 96.4 Å². The zero-order valence-electron chi connectivity index (χ0n) is 19.8. The first-order chi connectivity index (χ1) is 16.0. The van der Waals surface area contributed by atoms with Gasteiger partial charge in [-0.1, -0.05) is 43.3 Å². The van der Waals surface area contributed by atoms with Gasteiger partial charge in [-0.25, -0.2) is 0 Å². The summed E-state index contributed by atoms with van der Waals surface area (Å²) < 4.78 is 11.0. The summed E-state index contributed by atoms with van der Waals surface area (Å²) in [7, 11) is 1.46. The molecule has 176 valence electrons. The molecule has 2 aromatic carbocycles. The minimum absolute atomic E-state index is 0.0296. The number of aryl methyl sites for hydroxylation is 1. The molecule has 0 bridgehead atoms. The van der Waals surface area contributed by atoms with Gasteiger partial charge in [0.15, 0.2) is 0 Å². The van der Waals surface area contributed by atoms with Crippen LogP contribution in [0, 0.1) is 23.2 Å². The van der Waals surface area contributed by atoms with Crippen LogP contribution in [0.25, 0.3) is 0 Å². The third-order valence-corrected chi connectivity index (χ3v) is 8.98. The molecule has 6 atom stereocenters. The van der Waals surface area contributed by atoms with Gasteiger partial charge < -0.3 is 14.6 Å². The van der Waals surface area contributed by atoms with Crippen molar-refractivity contribution in [3.05, 3.63) is 65.2 Å². The number of carbonyl (C=O) groups excluding carboxylic acids is 1. The van der Waals surface area contributed by atoms with Gasteiger partial charge in [0.2, 0.25) is 0 Å². The Bertz CT molecular complexity index is 986. The Kier molecular flexibility index (Phi) is 6.22. The predicted molar refractivity (Wildman–Crippen MR) is 128 cm³/mol. The molecule has 3 aliphatic carbocycles. The molecule has 0 saturated heterocycles. The van der Waals surface area contributed by atoms with E-state index in [2.05, 4.69) is 37.3 Å². The maximum atomic E-state index is 11.8. The standard InChI is InChI=1S/C29H36O4/c1-29-15-14-24-23-12-10-22(33-18-19-6-4-3-5-7-19)16-20(23)8-11-25(24)28(29)21(17-26(29)30)9-13-27(31)32-2/h3-7,10,12,16,21,24-26,28,30H,8-9,11,13-15,17-18H2,1-2H3/t21?,24?,25?,26-,28?,29+/m0/s1. The van der Waals surface area contributed by atoms with Gasteiger partial charge in [0.05, 0.1) is 13.2 Å². The molecule has 33 heavy (non-hydrogen) atoms. The van der Waals surface area contributed by atoms with Crippen LogP contribution in [-0.4, -0.2) is 24.3 Å². The van der Waals surface area contributed by atoms with E-state index in [1.807, 2.05) is 18.2 Å². The number of ether oxygens (including phenoxy) is 2. The second-order valence-electron chi connectivity index (χ2n) is 10.6. The number of hydrogen-bond acceptors (Lipinski definition) is 4. The summed E-state index contributed by atoms with van der Waals surface area (Å²) in [5.74, 6) is 2.80. The van der Waals surface area contributed by atoms with E-state index >= 15 is 0 Å². The van der Waals surface area contributed by atoms with E-state index in [1.165, 1.54) is 23.8 Å². The van der Waals surface area contributed by atoms with Crippen LogP contribution < -0.4 is 4.74 Å². The summed E-state index contributed by atoms with van der Waals surface area (Å²) in [6.07, 6.45) is 6.24. The fourth-order valence-corrected chi connectivity index (χ4v) is 7.35. The first kappa shape index (κ1) is 22.5. The topological polar surface area (TPSA) is 55.8 Å². The van der Waals surface area contributed by atoms with E-state index in [1.54, 1.807) is 0 Å². The van der Waals surface area contributed by atoms with Crippen molar-refractivity contribution < 1.29 is 19.4 Å². The predicted octanol–water partition coefficient (Wildman–Crippen LogP) is 5.66. The molecular weight excluding hydrogens is 412 g/mol. The van der Waals surface area contributed by atoms with Crippen LogP contribution in [0.2, 0.25) is 0 Å². The van der Waals surface area contributed by atoms with E-state index in [-0.39, 0.29) is 17.5 Å². The van der Waals surface area contributed by atoms with Gasteiger partial charge >= 0.3 is 5.97 Å². The third-order valence-electron chi connectivity index (χ3n) is 8.98. The zero-order chi connectivity index (χ0) is 23.0. The Morgan fingerprint density at radius 3 is 2.76 bits per heavy atom. The molecule has 1 N–H and O–H groups in total. The number of rotatable bonds is 6. The summed E-state index contributed by atoms with van der Waals surface area (Å²) >= 11 is 0. The lowest BCUT2D eigenvalue weighted by Gasteiger charge is -2.51. The number of aliphatic hydroxyl groups excluding tert-OH is 1. The molecule has 0 aliphatic heterocycles. The molecular formula is C29H36O4. The third kappa shape index (κ3) is 4.19. The van der Waals surface area contributed by atoms with E-state index in [4.69, 9.17) is 9.47 Å². The van der Waals surface area contributed by atoms with Crippen LogP contribution in [0.3, 0.4) is 0 Å². The van der Waals surface area contributed by atoms with Crippen molar-refractivity contribution in [3.63, 3.8) is 0 Å². The smallest absolute Gasteiger partial charge is 0.305 e. The maximum absolute atomic E-state index is 11.8. The van der Waals surface area contributed by atoms with Crippen molar-refractivity contribution in [2.24, 2.45) is 23.2 Å². The highest BCUT2D eigenvalue weighted by Crippen LogP contribution is 2.63. The van der Waals surface area contributed by atoms with Gasteiger partial charge in [-0.2, -0.15) is 0 Å². The van der Waals surface area contributed by atoms with Gasteiger partial charge in [0.25, 0.3) is 0 Å². The molecule has 0 heterocycles. The van der Waals surface area contributed by atoms with Crippen LogP contribution >= 0.6 is 0 Å². The fourth-order valence-electron chi connectivity index (χ4n) is 7.35. The minimum atomic E-state index is -0.263. The number of benzene rings is 2. The molecule has 4 unspecified atom stereocenters. The summed E-state index contributed by atoms with van der Waals surface area (Å²) in [5.41, 5.74) is 4.06. The molecule has 2 aromatic rings. The zero-order valence-corrected chi connectivity index (χ0v) is 19.8. The molecule has 2 saturated carbocycles. The number of methoxy groups -OCH3 is 1. The van der Waals surface area contributed by atoms with Crippen LogP contribution in [-0.2, 0) is 22.6 Å². The SMILES string of the molecule is COC(=O)CCC1C[C@H](O)[C@@]2(C)CCC3c4ccc(OCc5ccccc5)cc4CCC3C12. The first-order valence-electron chi connectivity index (χ1n) is 12.5. The van der Waals surface area contributed by atoms with Gasteiger partial charge in [-0.3, -0.25) is 4.79 Å². The molecule has 0 aromatic heterocycles. The molecule has 3 aliphatic rings. The van der Waals surface area contributed by atoms with Crippen molar-refractivity contribution in [2.75, 3.05) is 7.11 Å². The monoisotopic (exact) mass is 448 g/mol. The number of carbonyl (C=O) groups is 1. The Hall–Kier alpha value is -2.33.